The highest BCUT2D eigenvalue weighted by Gasteiger charge is 2.38. The maximum absolute atomic E-state index is 14.9. The molecule has 0 spiro atoms. The van der Waals surface area contributed by atoms with Crippen molar-refractivity contribution in [3.05, 3.63) is 225 Å². The summed E-state index contributed by atoms with van der Waals surface area (Å²) in [6.07, 6.45) is 36.3. The van der Waals surface area contributed by atoms with E-state index in [4.69, 9.17) is 30.5 Å². The first-order valence-corrected chi connectivity index (χ1v) is 48.7. The van der Waals surface area contributed by atoms with Crippen molar-refractivity contribution in [1.82, 2.24) is 89.2 Å². The number of fused-ring (bicyclic) bond motifs is 12. The van der Waals surface area contributed by atoms with E-state index in [0.717, 1.165) is 312 Å². The molecule has 0 unspecified atom stereocenters. The van der Waals surface area contributed by atoms with E-state index in [1.165, 1.54) is 92.5 Å². The molecule has 8 aromatic heterocycles. The number of nitrogens with zero attached hydrogens (tertiary/aromatic N) is 17. The first kappa shape index (κ1) is 90.0. The largest absolute Gasteiger partial charge is 0.379 e. The van der Waals surface area contributed by atoms with Crippen LogP contribution in [-0.2, 0) is 51.2 Å². The molecule has 135 heavy (non-hydrogen) atoms. The van der Waals surface area contributed by atoms with Crippen LogP contribution in [0.4, 0.5) is 40.8 Å². The van der Waals surface area contributed by atoms with Crippen molar-refractivity contribution in [3.8, 4) is 89.3 Å². The average Bonchev–Trinajstić information content (AvgIpc) is 1.62. The Bertz CT molecular complexity index is 6130. The van der Waals surface area contributed by atoms with E-state index in [1.54, 1.807) is 48.3 Å². The number of H-pyrrole nitrogens is 1. The summed E-state index contributed by atoms with van der Waals surface area (Å²) in [5, 5.41) is 22.3. The summed E-state index contributed by atoms with van der Waals surface area (Å²) in [6.45, 7) is 17.7. The first-order valence-electron chi connectivity index (χ1n) is 48.4. The molecule has 700 valence electrons. The Morgan fingerprint density at radius 3 is 1.06 bits per heavy atom. The molecule has 4 saturated carbocycles. The van der Waals surface area contributed by atoms with Crippen molar-refractivity contribution in [1.29, 1.82) is 0 Å². The molecule has 8 aliphatic carbocycles. The Morgan fingerprint density at radius 1 is 0.356 bits per heavy atom. The molecule has 12 aromatic rings. The molecule has 8 fully saturated rings. The second-order valence-electron chi connectivity index (χ2n) is 37.6. The van der Waals surface area contributed by atoms with Crippen LogP contribution in [0.2, 0.25) is 5.02 Å². The highest BCUT2D eigenvalue weighted by atomic mass is 35.5. The number of morpholine rings is 4. The van der Waals surface area contributed by atoms with E-state index in [1.807, 2.05) is 31.2 Å². The number of halogens is 5. The lowest BCUT2D eigenvalue weighted by Gasteiger charge is -2.39. The third-order valence-corrected chi connectivity index (χ3v) is 29.9. The zero-order chi connectivity index (χ0) is 91.4. The minimum Gasteiger partial charge on any atom is -0.379 e. The molecular weight excluding hydrogens is 1740 g/mol. The average molecular weight is 1850 g/mol. The van der Waals surface area contributed by atoms with Crippen LogP contribution in [0.1, 0.15) is 155 Å². The van der Waals surface area contributed by atoms with Gasteiger partial charge in [0.15, 0.2) is 5.82 Å². The number of ether oxygens (including phenoxy) is 4. The number of rotatable bonds is 17. The highest BCUT2D eigenvalue weighted by Crippen LogP contribution is 2.49. The van der Waals surface area contributed by atoms with Crippen molar-refractivity contribution in [2.45, 2.75) is 190 Å². The Labute approximate surface area is 787 Å². The van der Waals surface area contributed by atoms with Crippen LogP contribution < -0.4 is 27.0 Å². The minimum atomic E-state index is -0.490. The molecule has 0 bridgehead atoms. The second kappa shape index (κ2) is 40.8. The van der Waals surface area contributed by atoms with Crippen LogP contribution in [0.25, 0.3) is 89.3 Å². The van der Waals surface area contributed by atoms with E-state index in [-0.39, 0.29) is 23.1 Å². The Morgan fingerprint density at radius 2 is 0.681 bits per heavy atom. The molecule has 5 N–H and O–H groups in total. The normalized spacial score (nSPS) is 22.4. The van der Waals surface area contributed by atoms with Gasteiger partial charge in [-0.3, -0.25) is 39.1 Å². The van der Waals surface area contributed by atoms with Gasteiger partial charge in [0.2, 0.25) is 0 Å². The zero-order valence-electron chi connectivity index (χ0n) is 76.1. The first-order chi connectivity index (χ1) is 66.3. The van der Waals surface area contributed by atoms with Crippen molar-refractivity contribution in [2.75, 3.05) is 126 Å². The Kier molecular flexibility index (Phi) is 27.2. The van der Waals surface area contributed by atoms with Crippen molar-refractivity contribution in [2.24, 2.45) is 0 Å². The number of hydrogen-bond acceptors (Lipinski definition) is 25. The van der Waals surface area contributed by atoms with Crippen LogP contribution in [0.15, 0.2) is 146 Å². The van der Waals surface area contributed by atoms with Crippen LogP contribution in [0.3, 0.4) is 0 Å². The van der Waals surface area contributed by atoms with Crippen LogP contribution in [0, 0.1) is 23.3 Å². The number of benzene rings is 4. The quantitative estimate of drug-likeness (QED) is 0.0529. The lowest BCUT2D eigenvalue weighted by molar-refractivity contribution is 0.00788. The molecule has 4 saturated heterocycles. The van der Waals surface area contributed by atoms with Crippen LogP contribution in [-0.4, -0.2) is 243 Å². The van der Waals surface area contributed by atoms with Gasteiger partial charge in [0.25, 0.3) is 0 Å². The molecule has 4 aliphatic heterocycles. The summed E-state index contributed by atoms with van der Waals surface area (Å²) in [5.41, 5.74) is 21.5. The van der Waals surface area contributed by atoms with Gasteiger partial charge in [0.05, 0.1) is 94.2 Å². The third-order valence-electron chi connectivity index (χ3n) is 29.6. The number of anilines is 4. The molecule has 4 aromatic carbocycles. The van der Waals surface area contributed by atoms with E-state index in [0.29, 0.717) is 95.3 Å². The summed E-state index contributed by atoms with van der Waals surface area (Å²) in [6, 6.07) is 28.4. The summed E-state index contributed by atoms with van der Waals surface area (Å²) in [4.78, 5) is 71.1. The fourth-order valence-electron chi connectivity index (χ4n) is 22.6. The van der Waals surface area contributed by atoms with Gasteiger partial charge in [-0.05, 0) is 214 Å². The monoisotopic (exact) mass is 1850 g/mol. The molecule has 0 radical (unpaired) electrons. The van der Waals surface area contributed by atoms with Crippen molar-refractivity contribution >= 4 is 34.9 Å². The van der Waals surface area contributed by atoms with Gasteiger partial charge in [0.1, 0.15) is 71.8 Å². The van der Waals surface area contributed by atoms with Gasteiger partial charge in [-0.2, -0.15) is 5.10 Å². The molecular formula is C103H113ClF4N22O5. The third kappa shape index (κ3) is 19.8. The van der Waals surface area contributed by atoms with E-state index in [9.17, 15) is 22.4 Å². The summed E-state index contributed by atoms with van der Waals surface area (Å²) in [5.74, 6) is 2.60. The molecule has 32 heteroatoms. The number of pyridine rings is 3. The van der Waals surface area contributed by atoms with Crippen LogP contribution >= 0.6 is 11.6 Å². The van der Waals surface area contributed by atoms with E-state index < -0.39 is 5.82 Å². The molecule has 0 atom stereocenters. The minimum absolute atomic E-state index is 0.184. The fourth-order valence-corrected chi connectivity index (χ4v) is 22.9. The molecule has 12 heterocycles. The highest BCUT2D eigenvalue weighted by molar-refractivity contribution is 6.33. The molecule has 0 amide bonds. The number of aromatic nitrogens is 14. The molecule has 24 rings (SSSR count). The topological polar surface area (TPSA) is 290 Å². The second-order valence-corrected chi connectivity index (χ2v) is 38.0. The van der Waals surface area contributed by atoms with Gasteiger partial charge in [-0.25, -0.2) is 67.3 Å². The summed E-state index contributed by atoms with van der Waals surface area (Å²) in [7, 11) is 0. The van der Waals surface area contributed by atoms with Gasteiger partial charge >= 0.3 is 5.69 Å². The number of aromatic amines is 1. The number of nitrogens with one attached hydrogen (secondary N) is 5. The van der Waals surface area contributed by atoms with Crippen molar-refractivity contribution in [3.63, 3.8) is 0 Å². The van der Waals surface area contributed by atoms with E-state index >= 15 is 0 Å². The Balaban J connectivity index is 0.000000108. The summed E-state index contributed by atoms with van der Waals surface area (Å²) < 4.78 is 79.9. The van der Waals surface area contributed by atoms with Gasteiger partial charge in [-0.1, -0.05) is 35.9 Å². The SMILES string of the molecule is CCn1c(-c2ccc3c(c2)-c2c(ncnc2NC2CCC(N4CCOCC4)CC2)C3)n[nH]c1=O.Fc1cncc(-c2cc3c(cc2Cl)Cc2ncnc(NC4CCC(N5CCOCC5)CC4)c2-3)c1.Fc1cncc(-c2cc3c(cc2F)Cc2ncnc(NC4CCC(N5CCOCC5)CC4)c2-3)c1.Fc1cncc(-c2ccc3c(c2)-c2c(ncnc2NC2CCC(N4CCOCC4)CC2)C3)c1. The maximum atomic E-state index is 14.9. The predicted octanol–water partition coefficient (Wildman–Crippen LogP) is 16.4. The predicted molar refractivity (Wildman–Crippen MR) is 511 cm³/mol. The summed E-state index contributed by atoms with van der Waals surface area (Å²) >= 11 is 6.60. The van der Waals surface area contributed by atoms with Gasteiger partial charge in [0, 0.05) is 212 Å². The standard InChI is InChI=1S/C26H27ClFN5O.C26H27F2N5O.C26H28FN5O.C25H31N7O2/c27-23-10-16-11-24-25(22(16)12-21(23)17-9-18(28)14-29-13-17)26(31-15-30-24)32-19-1-3-20(4-2-19)33-5-7-34-8-6-33;27-18-9-17(13-29-14-18)21-12-22-16(10-23(21)28)11-24-25(22)26(31-15-30-24)32-19-1-3-20(4-2-19)33-5-7-34-8-6-33;27-20-11-19(14-28-15-20)17-1-2-18-13-24-25(23(18)12-17)26(30-16-29-24)31-21-3-5-22(6-4-21)32-7-9-33-10-8-32;1-2-32-24(29-30-25(32)33)17-4-3-16-14-21-22(20(16)13-17)23(27-15-26-21)28-18-5-7-19(8-6-18)31-9-11-34-12-10-31/h2*9-10,12-15,19-20H,1-8,11H2,(H,30,31,32);1-2,11-12,14-16,21-22H,3-10,13H2,(H,29,30,31);3-4,13,15,18-19H,2,5-12,14H2,1H3,(H,30,33)(H,26,27,28). The number of hydrogen-bond donors (Lipinski definition) is 5. The lowest BCUT2D eigenvalue weighted by atomic mass is 9.89. The fraction of sp³-hybridized carbons (Fsp3) is 0.447. The molecule has 27 nitrogen and oxygen atoms in total. The lowest BCUT2D eigenvalue weighted by Crippen LogP contribution is -2.46. The molecule has 12 aliphatic rings. The smallest absolute Gasteiger partial charge is 0.343 e. The Hall–Kier alpha value is -11.5. The van der Waals surface area contributed by atoms with Crippen molar-refractivity contribution < 1.29 is 36.5 Å². The zero-order valence-corrected chi connectivity index (χ0v) is 76.9. The van der Waals surface area contributed by atoms with Gasteiger partial charge < -0.3 is 40.2 Å². The van der Waals surface area contributed by atoms with Gasteiger partial charge in [-0.15, -0.1) is 0 Å². The van der Waals surface area contributed by atoms with Crippen LogP contribution in [0.5, 0.6) is 0 Å². The maximum Gasteiger partial charge on any atom is 0.343 e. The van der Waals surface area contributed by atoms with E-state index in [2.05, 4.69) is 130 Å².